The van der Waals surface area contributed by atoms with Crippen LogP contribution in [0.3, 0.4) is 0 Å². The predicted molar refractivity (Wildman–Crippen MR) is 83.8 cm³/mol. The van der Waals surface area contributed by atoms with Gasteiger partial charge in [-0.1, -0.05) is 0 Å². The number of guanidine groups is 1. The zero-order valence-corrected chi connectivity index (χ0v) is 13.2. The molecule has 2 rings (SSSR count). The molecule has 0 aliphatic carbocycles. The van der Waals surface area contributed by atoms with Gasteiger partial charge < -0.3 is 10.6 Å². The van der Waals surface area contributed by atoms with Crippen molar-refractivity contribution in [3.05, 3.63) is 30.1 Å². The molecule has 1 heterocycles. The maximum atomic E-state index is 12.8. The molecule has 0 unspecified atom stereocenters. The SMILES string of the molecule is NC(=NCCS(=O)(=O)c1ccc(F)cc1)N1CCSCC1. The Morgan fingerprint density at radius 1 is 1.29 bits per heavy atom. The second-order valence-electron chi connectivity index (χ2n) is 4.61. The first-order valence-corrected chi connectivity index (χ1v) is 9.41. The molecule has 0 bridgehead atoms. The number of thioether (sulfide) groups is 1. The van der Waals surface area contributed by atoms with Gasteiger partial charge in [0.15, 0.2) is 15.8 Å². The van der Waals surface area contributed by atoms with Crippen LogP contribution in [0.1, 0.15) is 0 Å². The van der Waals surface area contributed by atoms with Gasteiger partial charge in [0.05, 0.1) is 17.2 Å². The van der Waals surface area contributed by atoms with Crippen molar-refractivity contribution >= 4 is 27.6 Å². The van der Waals surface area contributed by atoms with Crippen molar-refractivity contribution in [2.75, 3.05) is 36.9 Å². The summed E-state index contributed by atoms with van der Waals surface area (Å²) in [6.07, 6.45) is 0. The highest BCUT2D eigenvalue weighted by molar-refractivity contribution is 7.99. The molecule has 1 aromatic rings. The number of sulfone groups is 1. The quantitative estimate of drug-likeness (QED) is 0.505. The van der Waals surface area contributed by atoms with Crippen LogP contribution < -0.4 is 5.73 Å². The van der Waals surface area contributed by atoms with Crippen LogP contribution in [0, 0.1) is 5.82 Å². The van der Waals surface area contributed by atoms with E-state index in [0.29, 0.717) is 5.96 Å². The molecule has 1 aromatic carbocycles. The Kier molecular flexibility index (Phi) is 5.46. The Hall–Kier alpha value is -1.28. The second kappa shape index (κ2) is 7.13. The smallest absolute Gasteiger partial charge is 0.191 e. The molecule has 0 amide bonds. The lowest BCUT2D eigenvalue weighted by Crippen LogP contribution is -2.42. The van der Waals surface area contributed by atoms with Crippen LogP contribution >= 0.6 is 11.8 Å². The molecule has 0 radical (unpaired) electrons. The van der Waals surface area contributed by atoms with Gasteiger partial charge in [-0.3, -0.25) is 4.99 Å². The van der Waals surface area contributed by atoms with Crippen molar-refractivity contribution in [2.24, 2.45) is 10.7 Å². The van der Waals surface area contributed by atoms with E-state index in [0.717, 1.165) is 36.7 Å². The van der Waals surface area contributed by atoms with E-state index in [2.05, 4.69) is 4.99 Å². The molecule has 0 spiro atoms. The zero-order chi connectivity index (χ0) is 15.3. The summed E-state index contributed by atoms with van der Waals surface area (Å²) < 4.78 is 36.9. The van der Waals surface area contributed by atoms with Crippen molar-refractivity contribution in [3.63, 3.8) is 0 Å². The molecular weight excluding hydrogens is 313 g/mol. The maximum absolute atomic E-state index is 12.8. The maximum Gasteiger partial charge on any atom is 0.191 e. The second-order valence-corrected chi connectivity index (χ2v) is 7.95. The van der Waals surface area contributed by atoms with Gasteiger partial charge in [0, 0.05) is 24.6 Å². The number of halogens is 1. The summed E-state index contributed by atoms with van der Waals surface area (Å²) in [4.78, 5) is 6.20. The number of benzene rings is 1. The molecule has 2 N–H and O–H groups in total. The molecule has 1 saturated heterocycles. The minimum absolute atomic E-state index is 0.104. The Morgan fingerprint density at radius 3 is 2.52 bits per heavy atom. The number of rotatable bonds is 4. The first-order chi connectivity index (χ1) is 9.99. The molecule has 1 fully saturated rings. The van der Waals surface area contributed by atoms with Gasteiger partial charge in [-0.2, -0.15) is 11.8 Å². The summed E-state index contributed by atoms with van der Waals surface area (Å²) in [5.74, 6) is 1.81. The average molecular weight is 331 g/mol. The van der Waals surface area contributed by atoms with Gasteiger partial charge in [0.1, 0.15) is 5.82 Å². The van der Waals surface area contributed by atoms with Crippen molar-refractivity contribution < 1.29 is 12.8 Å². The van der Waals surface area contributed by atoms with Crippen molar-refractivity contribution in [3.8, 4) is 0 Å². The molecule has 1 aliphatic rings. The van der Waals surface area contributed by atoms with Crippen molar-refractivity contribution in [1.82, 2.24) is 4.90 Å². The molecule has 0 saturated carbocycles. The minimum atomic E-state index is -3.46. The van der Waals surface area contributed by atoms with Crippen LogP contribution in [-0.4, -0.2) is 56.2 Å². The van der Waals surface area contributed by atoms with Gasteiger partial charge in [0.2, 0.25) is 0 Å². The third-order valence-corrected chi connectivity index (χ3v) is 5.79. The summed E-state index contributed by atoms with van der Waals surface area (Å²) in [7, 11) is -3.46. The fourth-order valence-corrected chi connectivity index (χ4v) is 3.95. The van der Waals surface area contributed by atoms with Crippen LogP contribution in [0.15, 0.2) is 34.2 Å². The molecule has 8 heteroatoms. The lowest BCUT2D eigenvalue weighted by molar-refractivity contribution is 0.456. The molecule has 21 heavy (non-hydrogen) atoms. The van der Waals surface area contributed by atoms with Gasteiger partial charge in [-0.05, 0) is 24.3 Å². The fraction of sp³-hybridized carbons (Fsp3) is 0.462. The van der Waals surface area contributed by atoms with Crippen LogP contribution in [0.25, 0.3) is 0 Å². The number of hydrogen-bond acceptors (Lipinski definition) is 4. The number of nitrogens with zero attached hydrogens (tertiary/aromatic N) is 2. The van der Waals surface area contributed by atoms with Crippen LogP contribution in [-0.2, 0) is 9.84 Å². The van der Waals surface area contributed by atoms with Crippen LogP contribution in [0.4, 0.5) is 4.39 Å². The van der Waals surface area contributed by atoms with Crippen molar-refractivity contribution in [2.45, 2.75) is 4.90 Å². The fourth-order valence-electron chi connectivity index (χ4n) is 1.93. The topological polar surface area (TPSA) is 75.8 Å². The summed E-state index contributed by atoms with van der Waals surface area (Å²) >= 11 is 1.86. The monoisotopic (exact) mass is 331 g/mol. The van der Waals surface area contributed by atoms with Crippen LogP contribution in [0.5, 0.6) is 0 Å². The summed E-state index contributed by atoms with van der Waals surface area (Å²) in [5.41, 5.74) is 5.86. The van der Waals surface area contributed by atoms with Crippen LogP contribution in [0.2, 0.25) is 0 Å². The molecule has 0 aromatic heterocycles. The van der Waals surface area contributed by atoms with E-state index in [4.69, 9.17) is 5.73 Å². The number of nitrogens with two attached hydrogens (primary N) is 1. The summed E-state index contributed by atoms with van der Waals surface area (Å²) in [6.45, 7) is 1.78. The Morgan fingerprint density at radius 2 is 1.90 bits per heavy atom. The first-order valence-electron chi connectivity index (χ1n) is 6.60. The number of aliphatic imine (C=N–C) groups is 1. The normalized spacial score (nSPS) is 17.0. The van der Waals surface area contributed by atoms with Gasteiger partial charge in [0.25, 0.3) is 0 Å². The van der Waals surface area contributed by atoms with E-state index in [9.17, 15) is 12.8 Å². The molecule has 116 valence electrons. The Labute approximate surface area is 128 Å². The molecule has 1 aliphatic heterocycles. The van der Waals surface area contributed by atoms with E-state index in [1.165, 1.54) is 12.1 Å². The minimum Gasteiger partial charge on any atom is -0.370 e. The standard InChI is InChI=1S/C13H18FN3O2S2/c14-11-1-3-12(4-2-11)21(18,19)10-5-16-13(15)17-6-8-20-9-7-17/h1-4H,5-10H2,(H2,15,16). The van der Waals surface area contributed by atoms with Gasteiger partial charge >= 0.3 is 0 Å². The third kappa shape index (κ3) is 4.60. The lowest BCUT2D eigenvalue weighted by atomic mass is 10.4. The van der Waals surface area contributed by atoms with Gasteiger partial charge in [-0.15, -0.1) is 0 Å². The molecule has 5 nitrogen and oxygen atoms in total. The largest absolute Gasteiger partial charge is 0.370 e. The highest BCUT2D eigenvalue weighted by Crippen LogP contribution is 2.12. The molecule has 0 atom stereocenters. The Bertz CT molecular complexity index is 596. The van der Waals surface area contributed by atoms with E-state index >= 15 is 0 Å². The van der Waals surface area contributed by atoms with E-state index in [1.54, 1.807) is 0 Å². The highest BCUT2D eigenvalue weighted by atomic mass is 32.2. The third-order valence-electron chi connectivity index (χ3n) is 3.14. The lowest BCUT2D eigenvalue weighted by Gasteiger charge is -2.27. The highest BCUT2D eigenvalue weighted by Gasteiger charge is 2.15. The van der Waals surface area contributed by atoms with E-state index < -0.39 is 15.7 Å². The first kappa shape index (κ1) is 16.1. The summed E-state index contributed by atoms with van der Waals surface area (Å²) in [6, 6.07) is 4.80. The Balaban J connectivity index is 1.93. The molecular formula is C13H18FN3O2S2. The zero-order valence-electron chi connectivity index (χ0n) is 11.5. The van der Waals surface area contributed by atoms with E-state index in [1.807, 2.05) is 16.7 Å². The summed E-state index contributed by atoms with van der Waals surface area (Å²) in [5, 5.41) is 0. The average Bonchev–Trinajstić information content (AvgIpc) is 2.48. The van der Waals surface area contributed by atoms with E-state index in [-0.39, 0.29) is 17.2 Å². The number of hydrogen-bond donors (Lipinski definition) is 1. The predicted octanol–water partition coefficient (Wildman–Crippen LogP) is 0.963. The van der Waals surface area contributed by atoms with Crippen molar-refractivity contribution in [1.29, 1.82) is 0 Å². The van der Waals surface area contributed by atoms with Gasteiger partial charge in [-0.25, -0.2) is 12.8 Å².